The van der Waals surface area contributed by atoms with Gasteiger partial charge >= 0.3 is 0 Å². The number of carbonyl (C=O) groups is 1. The van der Waals surface area contributed by atoms with Crippen LogP contribution < -0.4 is 10.2 Å². The lowest BCUT2D eigenvalue weighted by molar-refractivity contribution is -0.119. The van der Waals surface area contributed by atoms with Crippen LogP contribution in [0.5, 0.6) is 0 Å². The maximum absolute atomic E-state index is 11.0. The van der Waals surface area contributed by atoms with Gasteiger partial charge in [-0.2, -0.15) is 0 Å². The van der Waals surface area contributed by atoms with Gasteiger partial charge in [0.05, 0.1) is 0 Å². The van der Waals surface area contributed by atoms with E-state index in [2.05, 4.69) is 26.3 Å². The molecule has 3 rings (SSSR count). The summed E-state index contributed by atoms with van der Waals surface area (Å²) in [6.07, 6.45) is 5.16. The Morgan fingerprint density at radius 1 is 1.39 bits per heavy atom. The maximum Gasteiger partial charge on any atom is 0.217 e. The summed E-state index contributed by atoms with van der Waals surface area (Å²) < 4.78 is 0. The Morgan fingerprint density at radius 3 is 2.94 bits per heavy atom. The monoisotopic (exact) mass is 246 g/mol. The van der Waals surface area contributed by atoms with E-state index in [1.807, 2.05) is 0 Å². The Labute approximate surface area is 107 Å². The van der Waals surface area contributed by atoms with E-state index in [1.54, 1.807) is 13.3 Å². The molecule has 0 aromatic carbocycles. The molecule has 0 radical (unpaired) electrons. The van der Waals surface area contributed by atoms with Crippen molar-refractivity contribution in [3.63, 3.8) is 0 Å². The van der Waals surface area contributed by atoms with Crippen LogP contribution in [0.1, 0.15) is 37.8 Å². The van der Waals surface area contributed by atoms with Crippen LogP contribution in [0.25, 0.3) is 0 Å². The van der Waals surface area contributed by atoms with Gasteiger partial charge in [0.15, 0.2) is 0 Å². The molecule has 2 heterocycles. The van der Waals surface area contributed by atoms with E-state index in [1.165, 1.54) is 18.5 Å². The summed E-state index contributed by atoms with van der Waals surface area (Å²) in [5.41, 5.74) is 1.17. The van der Waals surface area contributed by atoms with Gasteiger partial charge < -0.3 is 10.2 Å². The van der Waals surface area contributed by atoms with Gasteiger partial charge in [-0.25, -0.2) is 9.97 Å². The maximum atomic E-state index is 11.0. The van der Waals surface area contributed by atoms with Crippen LogP contribution >= 0.6 is 0 Å². The molecule has 1 amide bonds. The molecule has 96 valence electrons. The Bertz CT molecular complexity index is 458. The summed E-state index contributed by atoms with van der Waals surface area (Å²) in [4.78, 5) is 21.9. The molecular weight excluding hydrogens is 228 g/mol. The number of rotatable bonds is 3. The molecule has 2 fully saturated rings. The van der Waals surface area contributed by atoms with Crippen molar-refractivity contribution in [2.24, 2.45) is 0 Å². The standard InChI is InChI=1S/C13H18N4O/c1-9(18)16-11-4-5-17(7-11)13-6-12(10-2-3-10)14-8-15-13/h6,8,10-11H,2-5,7H2,1H3,(H,16,18). The van der Waals surface area contributed by atoms with E-state index < -0.39 is 0 Å². The second-order valence-electron chi connectivity index (χ2n) is 5.21. The minimum atomic E-state index is 0.0446. The number of hydrogen-bond acceptors (Lipinski definition) is 4. The molecule has 1 saturated carbocycles. The molecular formula is C13H18N4O. The topological polar surface area (TPSA) is 58.1 Å². The van der Waals surface area contributed by atoms with Crippen LogP contribution in [0.2, 0.25) is 0 Å². The van der Waals surface area contributed by atoms with Crippen molar-refractivity contribution >= 4 is 11.7 Å². The lowest BCUT2D eigenvalue weighted by atomic mass is 10.2. The predicted molar refractivity (Wildman–Crippen MR) is 68.4 cm³/mol. The highest BCUT2D eigenvalue weighted by Crippen LogP contribution is 2.39. The first-order chi connectivity index (χ1) is 8.72. The average molecular weight is 246 g/mol. The van der Waals surface area contributed by atoms with E-state index in [0.29, 0.717) is 5.92 Å². The Kier molecular flexibility index (Phi) is 2.89. The van der Waals surface area contributed by atoms with E-state index in [-0.39, 0.29) is 11.9 Å². The van der Waals surface area contributed by atoms with Crippen LogP contribution in [-0.4, -0.2) is 35.0 Å². The van der Waals surface area contributed by atoms with Gasteiger partial charge in [-0.1, -0.05) is 0 Å². The second kappa shape index (κ2) is 4.55. The van der Waals surface area contributed by atoms with Gasteiger partial charge in [0.2, 0.25) is 5.91 Å². The fourth-order valence-corrected chi connectivity index (χ4v) is 2.51. The molecule has 0 spiro atoms. The molecule has 18 heavy (non-hydrogen) atoms. The molecule has 5 nitrogen and oxygen atoms in total. The van der Waals surface area contributed by atoms with Gasteiger partial charge in [-0.05, 0) is 19.3 Å². The number of hydrogen-bond donors (Lipinski definition) is 1. The molecule has 0 bridgehead atoms. The van der Waals surface area contributed by atoms with E-state index in [0.717, 1.165) is 25.3 Å². The fourth-order valence-electron chi connectivity index (χ4n) is 2.51. The van der Waals surface area contributed by atoms with Crippen molar-refractivity contribution < 1.29 is 4.79 Å². The van der Waals surface area contributed by atoms with Crippen LogP contribution in [0.15, 0.2) is 12.4 Å². The third-order valence-corrected chi connectivity index (χ3v) is 3.59. The number of carbonyl (C=O) groups excluding carboxylic acids is 1. The Balaban J connectivity index is 1.68. The van der Waals surface area contributed by atoms with Gasteiger partial charge in [0, 0.05) is 43.7 Å². The first-order valence-corrected chi connectivity index (χ1v) is 6.56. The van der Waals surface area contributed by atoms with E-state index in [4.69, 9.17) is 0 Å². The van der Waals surface area contributed by atoms with Crippen molar-refractivity contribution in [3.05, 3.63) is 18.1 Å². The van der Waals surface area contributed by atoms with Crippen LogP contribution in [0, 0.1) is 0 Å². The Morgan fingerprint density at radius 2 is 2.22 bits per heavy atom. The summed E-state index contributed by atoms with van der Waals surface area (Å²) in [6, 6.07) is 2.36. The molecule has 1 N–H and O–H groups in total. The summed E-state index contributed by atoms with van der Waals surface area (Å²) >= 11 is 0. The summed E-state index contributed by atoms with van der Waals surface area (Å²) in [6.45, 7) is 3.37. The first kappa shape index (κ1) is 11.4. The SMILES string of the molecule is CC(=O)NC1CCN(c2cc(C3CC3)ncn2)C1. The largest absolute Gasteiger partial charge is 0.354 e. The third kappa shape index (κ3) is 2.44. The second-order valence-corrected chi connectivity index (χ2v) is 5.21. The lowest BCUT2D eigenvalue weighted by Crippen LogP contribution is -2.35. The highest BCUT2D eigenvalue weighted by Gasteiger charge is 2.28. The highest BCUT2D eigenvalue weighted by atomic mass is 16.1. The van der Waals surface area contributed by atoms with Gasteiger partial charge in [0.25, 0.3) is 0 Å². The zero-order valence-electron chi connectivity index (χ0n) is 10.6. The van der Waals surface area contributed by atoms with Crippen LogP contribution in [0.3, 0.4) is 0 Å². The third-order valence-electron chi connectivity index (χ3n) is 3.59. The Hall–Kier alpha value is -1.65. The quantitative estimate of drug-likeness (QED) is 0.866. The molecule has 5 heteroatoms. The van der Waals surface area contributed by atoms with Crippen molar-refractivity contribution in [1.29, 1.82) is 0 Å². The fraction of sp³-hybridized carbons (Fsp3) is 0.615. The molecule has 1 unspecified atom stereocenters. The van der Waals surface area contributed by atoms with Crippen LogP contribution in [0.4, 0.5) is 5.82 Å². The van der Waals surface area contributed by atoms with Crippen LogP contribution in [-0.2, 0) is 4.79 Å². The number of nitrogens with zero attached hydrogens (tertiary/aromatic N) is 3. The van der Waals surface area contributed by atoms with Gasteiger partial charge in [-0.15, -0.1) is 0 Å². The van der Waals surface area contributed by atoms with Crippen molar-refractivity contribution in [2.45, 2.75) is 38.1 Å². The molecule has 1 aromatic rings. The van der Waals surface area contributed by atoms with Crippen molar-refractivity contribution in [3.8, 4) is 0 Å². The summed E-state index contributed by atoms with van der Waals surface area (Å²) in [5, 5.41) is 2.97. The average Bonchev–Trinajstić information content (AvgIpc) is 3.10. The molecule has 1 saturated heterocycles. The van der Waals surface area contributed by atoms with Crippen molar-refractivity contribution in [2.75, 3.05) is 18.0 Å². The van der Waals surface area contributed by atoms with E-state index in [9.17, 15) is 4.79 Å². The number of anilines is 1. The zero-order valence-corrected chi connectivity index (χ0v) is 10.6. The van der Waals surface area contributed by atoms with E-state index >= 15 is 0 Å². The lowest BCUT2D eigenvalue weighted by Gasteiger charge is -2.18. The first-order valence-electron chi connectivity index (χ1n) is 6.56. The van der Waals surface area contributed by atoms with Gasteiger partial charge in [0.1, 0.15) is 12.1 Å². The zero-order chi connectivity index (χ0) is 12.5. The van der Waals surface area contributed by atoms with Gasteiger partial charge in [-0.3, -0.25) is 4.79 Å². The minimum absolute atomic E-state index is 0.0446. The predicted octanol–water partition coefficient (Wildman–Crippen LogP) is 1.07. The normalized spacial score (nSPS) is 23.2. The number of nitrogens with one attached hydrogen (secondary N) is 1. The highest BCUT2D eigenvalue weighted by molar-refractivity contribution is 5.73. The smallest absolute Gasteiger partial charge is 0.217 e. The molecule has 1 aliphatic heterocycles. The number of aromatic nitrogens is 2. The number of amides is 1. The molecule has 1 aromatic heterocycles. The molecule has 1 atom stereocenters. The van der Waals surface area contributed by atoms with Crippen molar-refractivity contribution in [1.82, 2.24) is 15.3 Å². The molecule has 2 aliphatic rings. The summed E-state index contributed by atoms with van der Waals surface area (Å²) in [5.74, 6) is 1.70. The summed E-state index contributed by atoms with van der Waals surface area (Å²) in [7, 11) is 0. The minimum Gasteiger partial charge on any atom is -0.354 e. The molecule has 1 aliphatic carbocycles.